The molecule has 1 aliphatic carbocycles. The Kier molecular flexibility index (Phi) is 4.23. The molecule has 116 valence electrons. The first kappa shape index (κ1) is 14.9. The maximum atomic E-state index is 6.69. The lowest BCUT2D eigenvalue weighted by atomic mass is 9.73. The third-order valence-electron chi connectivity index (χ3n) is 5.23. The van der Waals surface area contributed by atoms with Crippen LogP contribution in [0.3, 0.4) is 0 Å². The van der Waals surface area contributed by atoms with Crippen molar-refractivity contribution in [3.8, 4) is 5.75 Å². The highest BCUT2D eigenvalue weighted by molar-refractivity contribution is 5.34. The van der Waals surface area contributed by atoms with E-state index in [9.17, 15) is 0 Å². The second-order valence-corrected chi connectivity index (χ2v) is 6.47. The highest BCUT2D eigenvalue weighted by Crippen LogP contribution is 2.47. The monoisotopic (exact) mass is 289 g/mol. The van der Waals surface area contributed by atoms with Crippen LogP contribution in [0.5, 0.6) is 5.75 Å². The summed E-state index contributed by atoms with van der Waals surface area (Å²) in [7, 11) is 3.99. The predicted molar refractivity (Wildman–Crippen MR) is 84.7 cm³/mol. The van der Waals surface area contributed by atoms with Gasteiger partial charge in [-0.3, -0.25) is 4.90 Å². The fourth-order valence-electron chi connectivity index (χ4n) is 4.13. The molecule has 1 saturated heterocycles. The summed E-state index contributed by atoms with van der Waals surface area (Å²) in [4.78, 5) is 2.52. The van der Waals surface area contributed by atoms with Crippen molar-refractivity contribution in [1.82, 2.24) is 4.90 Å². The number of morpholine rings is 1. The van der Waals surface area contributed by atoms with Crippen LogP contribution in [0.4, 0.5) is 0 Å². The molecular formula is C18H27NO2. The Bertz CT molecular complexity index is 490. The van der Waals surface area contributed by atoms with E-state index in [1.54, 1.807) is 7.11 Å². The Balaban J connectivity index is 2.02. The normalized spacial score (nSPS) is 33.5. The number of ether oxygens (including phenoxy) is 2. The molecule has 0 aromatic heterocycles. The SMILES string of the molecule is CCC1CN(C)C2CCCC[C@@]2(c2cccc(OC)c2)O1. The van der Waals surface area contributed by atoms with Crippen molar-refractivity contribution >= 4 is 0 Å². The Morgan fingerprint density at radius 1 is 1.38 bits per heavy atom. The lowest BCUT2D eigenvalue weighted by Crippen LogP contribution is -2.60. The summed E-state index contributed by atoms with van der Waals surface area (Å²) in [6.07, 6.45) is 6.30. The van der Waals surface area contributed by atoms with Gasteiger partial charge in [0.25, 0.3) is 0 Å². The van der Waals surface area contributed by atoms with Crippen LogP contribution >= 0.6 is 0 Å². The first-order valence-electron chi connectivity index (χ1n) is 8.22. The number of rotatable bonds is 3. The van der Waals surface area contributed by atoms with Crippen LogP contribution in [-0.4, -0.2) is 37.7 Å². The summed E-state index contributed by atoms with van der Waals surface area (Å²) >= 11 is 0. The zero-order valence-corrected chi connectivity index (χ0v) is 13.5. The van der Waals surface area contributed by atoms with Crippen molar-refractivity contribution in [2.24, 2.45) is 0 Å². The van der Waals surface area contributed by atoms with Gasteiger partial charge in [-0.05, 0) is 44.0 Å². The van der Waals surface area contributed by atoms with Gasteiger partial charge in [0.1, 0.15) is 11.4 Å². The average molecular weight is 289 g/mol. The van der Waals surface area contributed by atoms with Gasteiger partial charge in [-0.25, -0.2) is 0 Å². The minimum atomic E-state index is -0.152. The van der Waals surface area contributed by atoms with Crippen molar-refractivity contribution in [2.75, 3.05) is 20.7 Å². The lowest BCUT2D eigenvalue weighted by Gasteiger charge is -2.54. The quantitative estimate of drug-likeness (QED) is 0.849. The molecule has 3 rings (SSSR count). The second kappa shape index (κ2) is 5.98. The molecule has 2 fully saturated rings. The first-order valence-corrected chi connectivity index (χ1v) is 8.22. The van der Waals surface area contributed by atoms with Gasteiger partial charge in [0.2, 0.25) is 0 Å². The molecule has 3 heteroatoms. The van der Waals surface area contributed by atoms with Gasteiger partial charge in [0.15, 0.2) is 0 Å². The summed E-state index contributed by atoms with van der Waals surface area (Å²) in [5.74, 6) is 0.927. The summed E-state index contributed by atoms with van der Waals surface area (Å²) in [5, 5.41) is 0. The minimum Gasteiger partial charge on any atom is -0.497 e. The molecule has 3 nitrogen and oxygen atoms in total. The van der Waals surface area contributed by atoms with E-state index in [0.29, 0.717) is 12.1 Å². The third-order valence-corrected chi connectivity index (χ3v) is 5.23. The Labute approximate surface area is 128 Å². The van der Waals surface area contributed by atoms with Crippen molar-refractivity contribution in [3.05, 3.63) is 29.8 Å². The van der Waals surface area contributed by atoms with E-state index in [2.05, 4.69) is 37.1 Å². The number of hydrogen-bond acceptors (Lipinski definition) is 3. The van der Waals surface area contributed by atoms with Crippen LogP contribution in [0.1, 0.15) is 44.6 Å². The highest BCUT2D eigenvalue weighted by Gasteiger charge is 2.49. The molecule has 1 heterocycles. The number of nitrogens with zero attached hydrogens (tertiary/aromatic N) is 1. The van der Waals surface area contributed by atoms with Gasteiger partial charge < -0.3 is 9.47 Å². The molecule has 1 aromatic rings. The number of benzene rings is 1. The fourth-order valence-corrected chi connectivity index (χ4v) is 4.13. The van der Waals surface area contributed by atoms with Crippen LogP contribution in [0, 0.1) is 0 Å². The van der Waals surface area contributed by atoms with Gasteiger partial charge >= 0.3 is 0 Å². The summed E-state index contributed by atoms with van der Waals surface area (Å²) in [6, 6.07) is 8.98. The highest BCUT2D eigenvalue weighted by atomic mass is 16.5. The third kappa shape index (κ3) is 2.58. The molecule has 3 atom stereocenters. The molecule has 1 aromatic carbocycles. The average Bonchev–Trinajstić information content (AvgIpc) is 2.54. The van der Waals surface area contributed by atoms with Crippen LogP contribution in [0.25, 0.3) is 0 Å². The van der Waals surface area contributed by atoms with Crippen molar-refractivity contribution in [3.63, 3.8) is 0 Å². The fraction of sp³-hybridized carbons (Fsp3) is 0.667. The first-order chi connectivity index (χ1) is 10.2. The van der Waals surface area contributed by atoms with Crippen LogP contribution in [0.15, 0.2) is 24.3 Å². The van der Waals surface area contributed by atoms with E-state index in [0.717, 1.165) is 25.1 Å². The van der Waals surface area contributed by atoms with E-state index in [1.807, 2.05) is 6.07 Å². The van der Waals surface area contributed by atoms with E-state index < -0.39 is 0 Å². The molecule has 0 amide bonds. The molecular weight excluding hydrogens is 262 g/mol. The number of hydrogen-bond donors (Lipinski definition) is 0. The Hall–Kier alpha value is -1.06. The second-order valence-electron chi connectivity index (χ2n) is 6.47. The van der Waals surface area contributed by atoms with Crippen LogP contribution in [0.2, 0.25) is 0 Å². The molecule has 1 aliphatic heterocycles. The van der Waals surface area contributed by atoms with Gasteiger partial charge in [-0.15, -0.1) is 0 Å². The molecule has 0 radical (unpaired) electrons. The smallest absolute Gasteiger partial charge is 0.119 e. The molecule has 21 heavy (non-hydrogen) atoms. The molecule has 2 unspecified atom stereocenters. The standard InChI is InChI=1S/C18H27NO2/c1-4-15-13-19(2)17-10-5-6-11-18(17,21-15)14-8-7-9-16(12-14)20-3/h7-9,12,15,17H,4-6,10-11,13H2,1-3H3/t15?,17?,18-/m0/s1. The number of likely N-dealkylation sites (N-methyl/N-ethyl adjacent to an activating group) is 1. The summed E-state index contributed by atoms with van der Waals surface area (Å²) in [5.41, 5.74) is 1.14. The van der Waals surface area contributed by atoms with Crippen molar-refractivity contribution in [1.29, 1.82) is 0 Å². The van der Waals surface area contributed by atoms with E-state index >= 15 is 0 Å². The number of methoxy groups -OCH3 is 1. The Morgan fingerprint density at radius 3 is 3.00 bits per heavy atom. The van der Waals surface area contributed by atoms with Gasteiger partial charge in [-0.1, -0.05) is 31.9 Å². The van der Waals surface area contributed by atoms with Crippen LogP contribution in [-0.2, 0) is 10.3 Å². The summed E-state index contributed by atoms with van der Waals surface area (Å²) in [6.45, 7) is 3.27. The van der Waals surface area contributed by atoms with Gasteiger partial charge in [-0.2, -0.15) is 0 Å². The minimum absolute atomic E-state index is 0.152. The van der Waals surface area contributed by atoms with Gasteiger partial charge in [0.05, 0.1) is 13.2 Å². The lowest BCUT2D eigenvalue weighted by molar-refractivity contribution is -0.204. The van der Waals surface area contributed by atoms with Crippen molar-refractivity contribution < 1.29 is 9.47 Å². The maximum Gasteiger partial charge on any atom is 0.119 e. The van der Waals surface area contributed by atoms with Crippen molar-refractivity contribution in [2.45, 2.75) is 56.8 Å². The molecule has 0 spiro atoms. The Morgan fingerprint density at radius 2 is 2.24 bits per heavy atom. The van der Waals surface area contributed by atoms with Gasteiger partial charge in [0, 0.05) is 12.6 Å². The molecule has 2 aliphatic rings. The van der Waals surface area contributed by atoms with Crippen LogP contribution < -0.4 is 4.74 Å². The number of fused-ring (bicyclic) bond motifs is 1. The topological polar surface area (TPSA) is 21.7 Å². The van der Waals surface area contributed by atoms with E-state index in [-0.39, 0.29) is 5.60 Å². The zero-order chi connectivity index (χ0) is 14.9. The summed E-state index contributed by atoms with van der Waals surface area (Å²) < 4.78 is 12.1. The predicted octanol–water partition coefficient (Wildman–Crippen LogP) is 3.57. The van der Waals surface area contributed by atoms with E-state index in [4.69, 9.17) is 9.47 Å². The molecule has 0 N–H and O–H groups in total. The van der Waals surface area contributed by atoms with E-state index in [1.165, 1.54) is 24.8 Å². The largest absolute Gasteiger partial charge is 0.497 e. The maximum absolute atomic E-state index is 6.69. The zero-order valence-electron chi connectivity index (χ0n) is 13.5. The molecule has 1 saturated carbocycles. The molecule has 0 bridgehead atoms.